The Morgan fingerprint density at radius 1 is 1.17 bits per heavy atom. The molecule has 1 aliphatic rings. The van der Waals surface area contributed by atoms with Gasteiger partial charge in [-0.25, -0.2) is 0 Å². The van der Waals surface area contributed by atoms with Gasteiger partial charge in [0.25, 0.3) is 0 Å². The van der Waals surface area contributed by atoms with Gasteiger partial charge in [0, 0.05) is 0 Å². The van der Waals surface area contributed by atoms with Crippen molar-refractivity contribution in [1.82, 2.24) is 0 Å². The second-order valence-electron chi connectivity index (χ2n) is 5.27. The molecule has 0 heterocycles. The number of rotatable bonds is 3. The highest BCUT2D eigenvalue weighted by Gasteiger charge is 2.27. The predicted octanol–water partition coefficient (Wildman–Crippen LogP) is 3.76. The van der Waals surface area contributed by atoms with E-state index in [1.54, 1.807) is 0 Å². The molecule has 1 heteroatoms. The van der Waals surface area contributed by atoms with E-state index in [1.807, 2.05) is 12.1 Å². The average Bonchev–Trinajstić information content (AvgIpc) is 2.36. The number of aliphatic hydroxyl groups is 1. The van der Waals surface area contributed by atoms with Crippen molar-refractivity contribution in [3.8, 4) is 0 Å². The molecule has 1 N–H and O–H groups in total. The zero-order valence-electron chi connectivity index (χ0n) is 10.6. The molecule has 2 aromatic carbocycles. The lowest BCUT2D eigenvalue weighted by Crippen LogP contribution is -2.19. The lowest BCUT2D eigenvalue weighted by molar-refractivity contribution is 0.153. The molecule has 3 rings (SSSR count). The van der Waals surface area contributed by atoms with Crippen molar-refractivity contribution in [1.29, 1.82) is 0 Å². The van der Waals surface area contributed by atoms with Crippen molar-refractivity contribution in [2.24, 2.45) is 0 Å². The zero-order chi connectivity index (χ0) is 12.5. The van der Waals surface area contributed by atoms with E-state index >= 15 is 0 Å². The highest BCUT2D eigenvalue weighted by Crippen LogP contribution is 2.40. The molecule has 0 saturated heterocycles. The van der Waals surface area contributed by atoms with Crippen LogP contribution in [0.15, 0.2) is 48.5 Å². The fraction of sp³-hybridized carbons (Fsp3) is 0.294. The van der Waals surface area contributed by atoms with Crippen LogP contribution < -0.4 is 0 Å². The Labute approximate surface area is 108 Å². The summed E-state index contributed by atoms with van der Waals surface area (Å²) in [4.78, 5) is 0. The van der Waals surface area contributed by atoms with Crippen molar-refractivity contribution < 1.29 is 5.11 Å². The Morgan fingerprint density at radius 3 is 2.78 bits per heavy atom. The Bertz CT molecular complexity index is 559. The van der Waals surface area contributed by atoms with Crippen molar-refractivity contribution >= 4 is 0 Å². The quantitative estimate of drug-likeness (QED) is 0.863. The smallest absolute Gasteiger partial charge is 0.0796 e. The van der Waals surface area contributed by atoms with E-state index in [2.05, 4.69) is 43.3 Å². The summed E-state index contributed by atoms with van der Waals surface area (Å²) in [5, 5.41) is 10.3. The molecule has 0 spiro atoms. The fourth-order valence-corrected chi connectivity index (χ4v) is 2.86. The second kappa shape index (κ2) is 4.58. The molecule has 1 nitrogen and oxygen atoms in total. The van der Waals surface area contributed by atoms with Gasteiger partial charge < -0.3 is 5.11 Å². The van der Waals surface area contributed by atoms with Gasteiger partial charge in [0.2, 0.25) is 0 Å². The van der Waals surface area contributed by atoms with Crippen LogP contribution in [-0.2, 0) is 6.42 Å². The van der Waals surface area contributed by atoms with E-state index in [-0.39, 0.29) is 6.10 Å². The van der Waals surface area contributed by atoms with Crippen LogP contribution in [0.25, 0.3) is 0 Å². The Balaban J connectivity index is 1.72. The molecule has 0 amide bonds. The third-order valence-corrected chi connectivity index (χ3v) is 3.90. The number of fused-ring (bicyclic) bond motifs is 1. The normalized spacial score (nSPS) is 18.9. The van der Waals surface area contributed by atoms with Gasteiger partial charge in [-0.15, -0.1) is 0 Å². The number of hydrogen-bond acceptors (Lipinski definition) is 1. The number of benzene rings is 2. The van der Waals surface area contributed by atoms with Crippen LogP contribution in [0.5, 0.6) is 0 Å². The first-order chi connectivity index (χ1) is 8.74. The van der Waals surface area contributed by atoms with E-state index in [4.69, 9.17) is 0 Å². The zero-order valence-corrected chi connectivity index (χ0v) is 10.6. The van der Waals surface area contributed by atoms with E-state index in [1.165, 1.54) is 16.7 Å². The van der Waals surface area contributed by atoms with Crippen molar-refractivity contribution in [2.75, 3.05) is 0 Å². The van der Waals surface area contributed by atoms with Gasteiger partial charge in [0.1, 0.15) is 0 Å². The van der Waals surface area contributed by atoms with Crippen LogP contribution in [0.1, 0.15) is 40.7 Å². The van der Waals surface area contributed by atoms with Crippen molar-refractivity contribution in [2.45, 2.75) is 31.8 Å². The largest absolute Gasteiger partial charge is 0.388 e. The van der Waals surface area contributed by atoms with Crippen LogP contribution in [0.2, 0.25) is 0 Å². The first-order valence-corrected chi connectivity index (χ1v) is 6.56. The maximum absolute atomic E-state index is 10.3. The van der Waals surface area contributed by atoms with Gasteiger partial charge in [-0.1, -0.05) is 54.1 Å². The fourth-order valence-electron chi connectivity index (χ4n) is 2.86. The summed E-state index contributed by atoms with van der Waals surface area (Å²) >= 11 is 0. The monoisotopic (exact) mass is 238 g/mol. The SMILES string of the molecule is Cc1cccc(C(O)CC2Cc3ccccc32)c1. The minimum atomic E-state index is -0.344. The average molecular weight is 238 g/mol. The van der Waals surface area contributed by atoms with Crippen LogP contribution in [-0.4, -0.2) is 5.11 Å². The maximum Gasteiger partial charge on any atom is 0.0796 e. The lowest BCUT2D eigenvalue weighted by atomic mass is 9.74. The Kier molecular flexibility index (Phi) is 2.92. The number of aryl methyl sites for hydroxylation is 1. The van der Waals surface area contributed by atoms with Crippen molar-refractivity contribution in [3.05, 3.63) is 70.8 Å². The van der Waals surface area contributed by atoms with Crippen LogP contribution in [0.4, 0.5) is 0 Å². The summed E-state index contributed by atoms with van der Waals surface area (Å²) in [6, 6.07) is 16.7. The van der Waals surface area contributed by atoms with E-state index in [9.17, 15) is 5.11 Å². The molecule has 0 saturated carbocycles. The summed E-state index contributed by atoms with van der Waals surface area (Å²) in [5.41, 5.74) is 5.11. The summed E-state index contributed by atoms with van der Waals surface area (Å²) in [6.07, 6.45) is 1.60. The van der Waals surface area contributed by atoms with E-state index < -0.39 is 0 Å². The van der Waals surface area contributed by atoms with E-state index in [0.29, 0.717) is 5.92 Å². The molecule has 1 aliphatic carbocycles. The molecular weight excluding hydrogens is 220 g/mol. The molecule has 2 aromatic rings. The summed E-state index contributed by atoms with van der Waals surface area (Å²) in [7, 11) is 0. The molecule has 0 aliphatic heterocycles. The topological polar surface area (TPSA) is 20.2 Å². The minimum absolute atomic E-state index is 0.344. The first kappa shape index (κ1) is 11.5. The van der Waals surface area contributed by atoms with Crippen LogP contribution in [0.3, 0.4) is 0 Å². The maximum atomic E-state index is 10.3. The van der Waals surface area contributed by atoms with Crippen LogP contribution in [0, 0.1) is 6.92 Å². The Hall–Kier alpha value is -1.60. The molecule has 0 radical (unpaired) electrons. The number of hydrogen-bond donors (Lipinski definition) is 1. The second-order valence-corrected chi connectivity index (χ2v) is 5.27. The molecule has 2 unspecified atom stereocenters. The summed E-state index contributed by atoms with van der Waals surface area (Å²) < 4.78 is 0. The summed E-state index contributed by atoms with van der Waals surface area (Å²) in [6.45, 7) is 2.06. The highest BCUT2D eigenvalue weighted by molar-refractivity contribution is 5.40. The molecule has 92 valence electrons. The molecule has 0 bridgehead atoms. The minimum Gasteiger partial charge on any atom is -0.388 e. The molecule has 0 aromatic heterocycles. The molecule has 0 fully saturated rings. The van der Waals surface area contributed by atoms with Crippen LogP contribution >= 0.6 is 0 Å². The molecule has 18 heavy (non-hydrogen) atoms. The van der Waals surface area contributed by atoms with E-state index in [0.717, 1.165) is 18.4 Å². The standard InChI is InChI=1S/C17H18O/c1-12-5-4-7-14(9-12)17(18)11-15-10-13-6-2-3-8-16(13)15/h2-9,15,17-18H,10-11H2,1H3. The van der Waals surface area contributed by atoms with Gasteiger partial charge >= 0.3 is 0 Å². The van der Waals surface area contributed by atoms with Gasteiger partial charge in [0.05, 0.1) is 6.10 Å². The number of aliphatic hydroxyl groups excluding tert-OH is 1. The third kappa shape index (κ3) is 2.06. The summed E-state index contributed by atoms with van der Waals surface area (Å²) in [5.74, 6) is 0.525. The first-order valence-electron chi connectivity index (χ1n) is 6.56. The van der Waals surface area contributed by atoms with Gasteiger partial charge in [-0.05, 0) is 42.4 Å². The van der Waals surface area contributed by atoms with Gasteiger partial charge in [-0.2, -0.15) is 0 Å². The molecule has 2 atom stereocenters. The Morgan fingerprint density at radius 2 is 2.00 bits per heavy atom. The lowest BCUT2D eigenvalue weighted by Gasteiger charge is -2.31. The van der Waals surface area contributed by atoms with Gasteiger partial charge in [-0.3, -0.25) is 0 Å². The predicted molar refractivity (Wildman–Crippen MR) is 73.6 cm³/mol. The van der Waals surface area contributed by atoms with Crippen molar-refractivity contribution in [3.63, 3.8) is 0 Å². The van der Waals surface area contributed by atoms with Gasteiger partial charge in [0.15, 0.2) is 0 Å². The highest BCUT2D eigenvalue weighted by atomic mass is 16.3. The third-order valence-electron chi connectivity index (χ3n) is 3.90. The molecular formula is C17H18O.